The number of carboxylic acid groups (broad SMARTS) is 1. The lowest BCUT2D eigenvalue weighted by Crippen LogP contribution is -2.26. The lowest BCUT2D eigenvalue weighted by molar-refractivity contribution is -0.136. The van der Waals surface area contributed by atoms with E-state index in [0.717, 1.165) is 11.1 Å². The number of hydrogen-bond donors (Lipinski definition) is 2. The van der Waals surface area contributed by atoms with Crippen LogP contribution in [0.1, 0.15) is 21.5 Å². The van der Waals surface area contributed by atoms with Crippen molar-refractivity contribution in [1.82, 2.24) is 5.32 Å². The summed E-state index contributed by atoms with van der Waals surface area (Å²) >= 11 is 0. The van der Waals surface area contributed by atoms with Gasteiger partial charge in [-0.2, -0.15) is 0 Å². The van der Waals surface area contributed by atoms with Crippen LogP contribution in [0.15, 0.2) is 48.5 Å². The number of rotatable bonds is 7. The van der Waals surface area contributed by atoms with Crippen molar-refractivity contribution in [2.75, 3.05) is 13.7 Å². The first kappa shape index (κ1) is 16.5. The molecule has 0 radical (unpaired) electrons. The van der Waals surface area contributed by atoms with Gasteiger partial charge in [0.1, 0.15) is 5.75 Å². The summed E-state index contributed by atoms with van der Waals surface area (Å²) in [6, 6.07) is 14.4. The zero-order valence-corrected chi connectivity index (χ0v) is 12.9. The van der Waals surface area contributed by atoms with Crippen LogP contribution < -0.4 is 10.1 Å². The molecule has 5 heteroatoms. The summed E-state index contributed by atoms with van der Waals surface area (Å²) in [6.07, 6.45) is 0.694. The second-order valence-corrected chi connectivity index (χ2v) is 5.09. The standard InChI is InChI=1S/C18H19NO4/c1-23-16-5-3-2-4-15(16)18(22)19-11-10-13-6-8-14(9-7-13)12-17(20)21/h2-9H,10-12H2,1H3,(H,19,22)(H,20,21). The van der Waals surface area contributed by atoms with Gasteiger partial charge in [0, 0.05) is 6.54 Å². The molecule has 0 unspecified atom stereocenters. The van der Waals surface area contributed by atoms with Crippen molar-refractivity contribution < 1.29 is 19.4 Å². The molecule has 1 amide bonds. The molecule has 5 nitrogen and oxygen atoms in total. The van der Waals surface area contributed by atoms with E-state index in [9.17, 15) is 9.59 Å². The second kappa shape index (κ2) is 7.98. The molecule has 0 saturated heterocycles. The predicted octanol–water partition coefficient (Wildman–Crippen LogP) is 2.29. The van der Waals surface area contributed by atoms with E-state index in [1.165, 1.54) is 7.11 Å². The third-order valence-electron chi connectivity index (χ3n) is 3.43. The van der Waals surface area contributed by atoms with Gasteiger partial charge in [-0.1, -0.05) is 36.4 Å². The molecule has 0 bridgehead atoms. The van der Waals surface area contributed by atoms with Crippen LogP contribution in [0.3, 0.4) is 0 Å². The van der Waals surface area contributed by atoms with Crippen LogP contribution in [0.5, 0.6) is 5.75 Å². The number of carbonyl (C=O) groups is 2. The molecule has 2 rings (SSSR count). The van der Waals surface area contributed by atoms with E-state index >= 15 is 0 Å². The molecule has 0 fully saturated rings. The molecule has 2 aromatic carbocycles. The molecule has 2 N–H and O–H groups in total. The molecule has 0 aliphatic heterocycles. The first-order valence-corrected chi connectivity index (χ1v) is 7.31. The number of aliphatic carboxylic acids is 1. The summed E-state index contributed by atoms with van der Waals surface area (Å²) in [5, 5.41) is 11.6. The predicted molar refractivity (Wildman–Crippen MR) is 86.8 cm³/mol. The maximum absolute atomic E-state index is 12.1. The van der Waals surface area contributed by atoms with E-state index < -0.39 is 5.97 Å². The van der Waals surface area contributed by atoms with Crippen LogP contribution in [-0.2, 0) is 17.6 Å². The fourth-order valence-corrected chi connectivity index (χ4v) is 2.25. The highest BCUT2D eigenvalue weighted by Gasteiger charge is 2.10. The summed E-state index contributed by atoms with van der Waals surface area (Å²) in [7, 11) is 1.53. The van der Waals surface area contributed by atoms with Gasteiger partial charge < -0.3 is 15.2 Å². The number of carboxylic acids is 1. The maximum Gasteiger partial charge on any atom is 0.307 e. The number of benzene rings is 2. The Hall–Kier alpha value is -2.82. The minimum absolute atomic E-state index is 0.0187. The SMILES string of the molecule is COc1ccccc1C(=O)NCCc1ccc(CC(=O)O)cc1. The van der Waals surface area contributed by atoms with Gasteiger partial charge >= 0.3 is 5.97 Å². The molecular weight excluding hydrogens is 294 g/mol. The highest BCUT2D eigenvalue weighted by Crippen LogP contribution is 2.16. The molecule has 0 heterocycles. The van der Waals surface area contributed by atoms with E-state index in [1.807, 2.05) is 18.2 Å². The molecule has 0 spiro atoms. The lowest BCUT2D eigenvalue weighted by atomic mass is 10.1. The highest BCUT2D eigenvalue weighted by molar-refractivity contribution is 5.96. The van der Waals surface area contributed by atoms with Gasteiger partial charge in [0.15, 0.2) is 0 Å². The number of amides is 1. The van der Waals surface area contributed by atoms with Crippen LogP contribution in [0.4, 0.5) is 0 Å². The Morgan fingerprint density at radius 3 is 2.35 bits per heavy atom. The summed E-state index contributed by atoms with van der Waals surface area (Å²) in [5.41, 5.74) is 2.31. The number of nitrogens with one attached hydrogen (secondary N) is 1. The Bertz CT molecular complexity index is 680. The van der Waals surface area contributed by atoms with Crippen molar-refractivity contribution in [2.24, 2.45) is 0 Å². The highest BCUT2D eigenvalue weighted by atomic mass is 16.5. The third-order valence-corrected chi connectivity index (χ3v) is 3.43. The first-order valence-electron chi connectivity index (χ1n) is 7.31. The minimum atomic E-state index is -0.846. The van der Waals surface area contributed by atoms with Gasteiger partial charge in [0.2, 0.25) is 0 Å². The van der Waals surface area contributed by atoms with Crippen molar-refractivity contribution in [3.05, 3.63) is 65.2 Å². The van der Waals surface area contributed by atoms with Gasteiger partial charge in [-0.3, -0.25) is 9.59 Å². The largest absolute Gasteiger partial charge is 0.496 e. The monoisotopic (exact) mass is 313 g/mol. The van der Waals surface area contributed by atoms with E-state index in [2.05, 4.69) is 5.32 Å². The number of methoxy groups -OCH3 is 1. The van der Waals surface area contributed by atoms with E-state index in [-0.39, 0.29) is 12.3 Å². The lowest BCUT2D eigenvalue weighted by Gasteiger charge is -2.09. The number of para-hydroxylation sites is 1. The fourth-order valence-electron chi connectivity index (χ4n) is 2.25. The average Bonchev–Trinajstić information content (AvgIpc) is 2.55. The van der Waals surface area contributed by atoms with Crippen molar-refractivity contribution >= 4 is 11.9 Å². The van der Waals surface area contributed by atoms with Crippen molar-refractivity contribution in [3.8, 4) is 5.75 Å². The first-order chi connectivity index (χ1) is 11.1. The molecule has 0 aromatic heterocycles. The van der Waals surface area contributed by atoms with Gasteiger partial charge in [0.05, 0.1) is 19.1 Å². The quantitative estimate of drug-likeness (QED) is 0.822. The number of hydrogen-bond acceptors (Lipinski definition) is 3. The fraction of sp³-hybridized carbons (Fsp3) is 0.222. The molecular formula is C18H19NO4. The number of carbonyl (C=O) groups excluding carboxylic acids is 1. The third kappa shape index (κ3) is 4.85. The summed E-state index contributed by atoms with van der Waals surface area (Å²) in [6.45, 7) is 0.495. The van der Waals surface area contributed by atoms with Crippen molar-refractivity contribution in [3.63, 3.8) is 0 Å². The van der Waals surface area contributed by atoms with Crippen molar-refractivity contribution in [1.29, 1.82) is 0 Å². The van der Waals surface area contributed by atoms with Crippen molar-refractivity contribution in [2.45, 2.75) is 12.8 Å². The van der Waals surface area contributed by atoms with Crippen LogP contribution in [-0.4, -0.2) is 30.6 Å². The van der Waals surface area contributed by atoms with Gasteiger partial charge in [-0.25, -0.2) is 0 Å². The second-order valence-electron chi connectivity index (χ2n) is 5.09. The zero-order valence-electron chi connectivity index (χ0n) is 12.9. The Morgan fingerprint density at radius 2 is 1.70 bits per heavy atom. The Balaban J connectivity index is 1.87. The topological polar surface area (TPSA) is 75.6 Å². The smallest absolute Gasteiger partial charge is 0.307 e. The van der Waals surface area contributed by atoms with E-state index in [0.29, 0.717) is 24.3 Å². The van der Waals surface area contributed by atoms with Gasteiger partial charge in [0.25, 0.3) is 5.91 Å². The van der Waals surface area contributed by atoms with Crippen LogP contribution in [0.2, 0.25) is 0 Å². The summed E-state index contributed by atoms with van der Waals surface area (Å²) in [5.74, 6) is -0.477. The Kier molecular flexibility index (Phi) is 5.74. The normalized spacial score (nSPS) is 10.1. The minimum Gasteiger partial charge on any atom is -0.496 e. The van der Waals surface area contributed by atoms with Crippen LogP contribution in [0.25, 0.3) is 0 Å². The van der Waals surface area contributed by atoms with Crippen LogP contribution >= 0.6 is 0 Å². The molecule has 0 aliphatic carbocycles. The molecule has 120 valence electrons. The maximum atomic E-state index is 12.1. The van der Waals surface area contributed by atoms with Crippen LogP contribution in [0, 0.1) is 0 Å². The van der Waals surface area contributed by atoms with E-state index in [1.54, 1.807) is 30.3 Å². The molecule has 0 saturated carbocycles. The molecule has 2 aromatic rings. The molecule has 0 aliphatic rings. The molecule has 0 atom stereocenters. The van der Waals surface area contributed by atoms with Gasteiger partial charge in [-0.15, -0.1) is 0 Å². The van der Waals surface area contributed by atoms with Gasteiger partial charge in [-0.05, 0) is 29.7 Å². The zero-order chi connectivity index (χ0) is 16.7. The Labute approximate surface area is 134 Å². The summed E-state index contributed by atoms with van der Waals surface area (Å²) in [4.78, 5) is 22.8. The Morgan fingerprint density at radius 1 is 1.04 bits per heavy atom. The number of ether oxygens (including phenoxy) is 1. The average molecular weight is 313 g/mol. The summed E-state index contributed by atoms with van der Waals surface area (Å²) < 4.78 is 5.17. The molecule has 23 heavy (non-hydrogen) atoms. The van der Waals surface area contributed by atoms with E-state index in [4.69, 9.17) is 9.84 Å².